The lowest BCUT2D eigenvalue weighted by atomic mass is 10.1. The van der Waals surface area contributed by atoms with Crippen molar-refractivity contribution in [2.75, 3.05) is 19.7 Å². The van der Waals surface area contributed by atoms with Crippen LogP contribution in [0.25, 0.3) is 0 Å². The Balaban J connectivity index is 1.81. The molecule has 0 aromatic heterocycles. The van der Waals surface area contributed by atoms with Crippen molar-refractivity contribution in [3.63, 3.8) is 0 Å². The monoisotopic (exact) mass is 255 g/mol. The first-order chi connectivity index (χ1) is 8.83. The molecular weight excluding hydrogens is 222 g/mol. The van der Waals surface area contributed by atoms with Crippen LogP contribution in [-0.2, 0) is 4.74 Å². The molecule has 0 aromatic rings. The third-order valence-corrected chi connectivity index (χ3v) is 4.05. The third-order valence-electron chi connectivity index (χ3n) is 4.05. The van der Waals surface area contributed by atoms with Gasteiger partial charge in [-0.15, -0.1) is 0 Å². The molecule has 0 heterocycles. The smallest absolute Gasteiger partial charge is 0.0594 e. The molecule has 1 unspecified atom stereocenters. The molecule has 1 N–H and O–H groups in total. The van der Waals surface area contributed by atoms with Crippen LogP contribution in [0.15, 0.2) is 0 Å². The van der Waals surface area contributed by atoms with E-state index >= 15 is 0 Å². The normalized spacial score (nSPS) is 18.3. The molecule has 18 heavy (non-hydrogen) atoms. The van der Waals surface area contributed by atoms with E-state index in [1.54, 1.807) is 0 Å². The fourth-order valence-corrected chi connectivity index (χ4v) is 2.79. The van der Waals surface area contributed by atoms with E-state index < -0.39 is 0 Å². The second-order valence-electron chi connectivity index (χ2n) is 5.89. The van der Waals surface area contributed by atoms with E-state index in [9.17, 15) is 0 Å². The van der Waals surface area contributed by atoms with Crippen molar-refractivity contribution in [2.45, 2.75) is 77.7 Å². The van der Waals surface area contributed by atoms with E-state index in [1.807, 2.05) is 0 Å². The van der Waals surface area contributed by atoms with Crippen LogP contribution >= 0.6 is 0 Å². The average molecular weight is 255 g/mol. The predicted octanol–water partition coefficient (Wildman–Crippen LogP) is 4.14. The highest BCUT2D eigenvalue weighted by atomic mass is 16.5. The SMILES string of the molecule is CCCCCCC(C)OCCNCC1CCCC1. The third kappa shape index (κ3) is 8.10. The van der Waals surface area contributed by atoms with E-state index in [4.69, 9.17) is 4.74 Å². The zero-order valence-corrected chi connectivity index (χ0v) is 12.5. The fourth-order valence-electron chi connectivity index (χ4n) is 2.79. The van der Waals surface area contributed by atoms with Crippen LogP contribution in [0.4, 0.5) is 0 Å². The van der Waals surface area contributed by atoms with Crippen molar-refractivity contribution in [1.82, 2.24) is 5.32 Å². The van der Waals surface area contributed by atoms with Gasteiger partial charge in [-0.25, -0.2) is 0 Å². The maximum Gasteiger partial charge on any atom is 0.0594 e. The summed E-state index contributed by atoms with van der Waals surface area (Å²) in [6.45, 7) is 7.57. The predicted molar refractivity (Wildman–Crippen MR) is 79.0 cm³/mol. The quantitative estimate of drug-likeness (QED) is 0.560. The van der Waals surface area contributed by atoms with Crippen molar-refractivity contribution in [3.8, 4) is 0 Å². The molecule has 2 nitrogen and oxygen atoms in total. The summed E-state index contributed by atoms with van der Waals surface area (Å²) in [5.74, 6) is 0.941. The number of nitrogens with one attached hydrogen (secondary N) is 1. The van der Waals surface area contributed by atoms with Crippen LogP contribution in [0.3, 0.4) is 0 Å². The summed E-state index contributed by atoms with van der Waals surface area (Å²) in [6.07, 6.45) is 12.8. The molecule has 2 heteroatoms. The fraction of sp³-hybridized carbons (Fsp3) is 1.00. The largest absolute Gasteiger partial charge is 0.377 e. The standard InChI is InChI=1S/C16H33NO/c1-3-4-5-6-9-15(2)18-13-12-17-14-16-10-7-8-11-16/h15-17H,3-14H2,1-2H3. The van der Waals surface area contributed by atoms with E-state index in [1.165, 1.54) is 64.3 Å². The number of hydrogen-bond donors (Lipinski definition) is 1. The molecule has 0 aliphatic heterocycles. The van der Waals surface area contributed by atoms with Crippen molar-refractivity contribution >= 4 is 0 Å². The lowest BCUT2D eigenvalue weighted by Gasteiger charge is -2.14. The second-order valence-corrected chi connectivity index (χ2v) is 5.89. The van der Waals surface area contributed by atoms with E-state index in [0.717, 1.165) is 19.1 Å². The molecule has 1 atom stereocenters. The highest BCUT2D eigenvalue weighted by molar-refractivity contribution is 4.69. The Morgan fingerprint density at radius 2 is 1.94 bits per heavy atom. The van der Waals surface area contributed by atoms with Crippen LogP contribution < -0.4 is 5.32 Å². The Hall–Kier alpha value is -0.0800. The van der Waals surface area contributed by atoms with E-state index in [2.05, 4.69) is 19.2 Å². The Labute approximate surface area is 114 Å². The van der Waals surface area contributed by atoms with Gasteiger partial charge in [0.15, 0.2) is 0 Å². The molecule has 1 rings (SSSR count). The van der Waals surface area contributed by atoms with Crippen LogP contribution in [0, 0.1) is 5.92 Å². The molecule has 108 valence electrons. The molecule has 0 bridgehead atoms. The van der Waals surface area contributed by atoms with Gasteiger partial charge in [-0.05, 0) is 38.6 Å². The summed E-state index contributed by atoms with van der Waals surface area (Å²) in [5, 5.41) is 3.53. The van der Waals surface area contributed by atoms with Crippen LogP contribution in [0.5, 0.6) is 0 Å². The van der Waals surface area contributed by atoms with Gasteiger partial charge < -0.3 is 10.1 Å². The minimum Gasteiger partial charge on any atom is -0.377 e. The topological polar surface area (TPSA) is 21.3 Å². The molecule has 0 spiro atoms. The van der Waals surface area contributed by atoms with Gasteiger partial charge in [-0.3, -0.25) is 0 Å². The van der Waals surface area contributed by atoms with Crippen molar-refractivity contribution in [2.24, 2.45) is 5.92 Å². The maximum atomic E-state index is 5.82. The highest BCUT2D eigenvalue weighted by Crippen LogP contribution is 2.23. The van der Waals surface area contributed by atoms with Gasteiger partial charge in [0, 0.05) is 6.54 Å². The lowest BCUT2D eigenvalue weighted by molar-refractivity contribution is 0.0601. The van der Waals surface area contributed by atoms with Crippen LogP contribution in [0.1, 0.15) is 71.6 Å². The summed E-state index contributed by atoms with van der Waals surface area (Å²) in [5.41, 5.74) is 0. The van der Waals surface area contributed by atoms with Gasteiger partial charge in [0.1, 0.15) is 0 Å². The van der Waals surface area contributed by atoms with Gasteiger partial charge in [0.05, 0.1) is 12.7 Å². The summed E-state index contributed by atoms with van der Waals surface area (Å²) in [7, 11) is 0. The molecular formula is C16H33NO. The zero-order valence-electron chi connectivity index (χ0n) is 12.5. The summed E-state index contributed by atoms with van der Waals surface area (Å²) in [6, 6.07) is 0. The van der Waals surface area contributed by atoms with Crippen molar-refractivity contribution in [1.29, 1.82) is 0 Å². The molecule has 1 aliphatic rings. The molecule has 0 radical (unpaired) electrons. The summed E-state index contributed by atoms with van der Waals surface area (Å²) < 4.78 is 5.82. The van der Waals surface area contributed by atoms with Crippen LogP contribution in [0.2, 0.25) is 0 Å². The number of ether oxygens (including phenoxy) is 1. The summed E-state index contributed by atoms with van der Waals surface area (Å²) in [4.78, 5) is 0. The maximum absolute atomic E-state index is 5.82. The first-order valence-corrected chi connectivity index (χ1v) is 8.15. The van der Waals surface area contributed by atoms with E-state index in [0.29, 0.717) is 6.10 Å². The lowest BCUT2D eigenvalue weighted by Crippen LogP contribution is -2.26. The minimum atomic E-state index is 0.440. The Morgan fingerprint density at radius 3 is 2.67 bits per heavy atom. The molecule has 0 aromatic carbocycles. The van der Waals surface area contributed by atoms with Gasteiger partial charge in [-0.1, -0.05) is 45.4 Å². The van der Waals surface area contributed by atoms with Gasteiger partial charge >= 0.3 is 0 Å². The number of rotatable bonds is 11. The Bertz CT molecular complexity index is 178. The van der Waals surface area contributed by atoms with Crippen LogP contribution in [-0.4, -0.2) is 25.8 Å². The van der Waals surface area contributed by atoms with Gasteiger partial charge in [0.25, 0.3) is 0 Å². The average Bonchev–Trinajstić information content (AvgIpc) is 2.87. The Morgan fingerprint density at radius 1 is 1.17 bits per heavy atom. The summed E-state index contributed by atoms with van der Waals surface area (Å²) >= 11 is 0. The van der Waals surface area contributed by atoms with Crippen molar-refractivity contribution in [3.05, 3.63) is 0 Å². The Kier molecular flexibility index (Phi) is 9.59. The first-order valence-electron chi connectivity index (χ1n) is 8.15. The highest BCUT2D eigenvalue weighted by Gasteiger charge is 2.13. The van der Waals surface area contributed by atoms with Gasteiger partial charge in [0.2, 0.25) is 0 Å². The first kappa shape index (κ1) is 16.0. The molecule has 0 amide bonds. The van der Waals surface area contributed by atoms with Crippen molar-refractivity contribution < 1.29 is 4.74 Å². The second kappa shape index (κ2) is 10.8. The van der Waals surface area contributed by atoms with E-state index in [-0.39, 0.29) is 0 Å². The minimum absolute atomic E-state index is 0.440. The zero-order chi connectivity index (χ0) is 13.1. The van der Waals surface area contributed by atoms with Gasteiger partial charge in [-0.2, -0.15) is 0 Å². The number of hydrogen-bond acceptors (Lipinski definition) is 2. The number of unbranched alkanes of at least 4 members (excludes halogenated alkanes) is 3. The molecule has 0 saturated heterocycles. The molecule has 1 fully saturated rings. The molecule has 1 saturated carbocycles. The molecule has 1 aliphatic carbocycles.